The van der Waals surface area contributed by atoms with Gasteiger partial charge in [-0.1, -0.05) is 59.9 Å². The molecule has 0 bridgehead atoms. The largest absolute Gasteiger partial charge is 0.452 e. The number of carbonyl (C=O) groups excluding carboxylic acids is 1. The molecule has 0 saturated carbocycles. The normalized spacial score (nSPS) is 14.8. The zero-order valence-corrected chi connectivity index (χ0v) is 20.3. The standard InChI is InChI=1S/C28H17FN4O3S/c1-15-18-6-3-5-9-21(18)36-23(15)25-30-28-33(31-25)27(35)24(37-28)22-19-7-2-4-8-20(19)32(26(22)34)14-16-10-12-17(29)13-11-16/h2-13H,14H2,1H3. The zero-order valence-electron chi connectivity index (χ0n) is 19.4. The van der Waals surface area contributed by atoms with E-state index in [0.29, 0.717) is 33.4 Å². The first kappa shape index (κ1) is 21.6. The van der Waals surface area contributed by atoms with Crippen LogP contribution in [0.4, 0.5) is 10.1 Å². The second kappa shape index (κ2) is 7.94. The van der Waals surface area contributed by atoms with Gasteiger partial charge in [-0.25, -0.2) is 4.39 Å². The maximum absolute atomic E-state index is 13.6. The summed E-state index contributed by atoms with van der Waals surface area (Å²) in [6, 6.07) is 21.0. The molecule has 0 spiro atoms. The minimum Gasteiger partial charge on any atom is -0.452 e. The van der Waals surface area contributed by atoms with Crippen LogP contribution in [0.5, 0.6) is 0 Å². The Morgan fingerprint density at radius 1 is 0.973 bits per heavy atom. The number of amides is 1. The molecule has 0 fully saturated rings. The van der Waals surface area contributed by atoms with Gasteiger partial charge in [0.25, 0.3) is 11.5 Å². The molecule has 3 aromatic heterocycles. The van der Waals surface area contributed by atoms with Crippen LogP contribution >= 0.6 is 11.3 Å². The minimum absolute atomic E-state index is 0.254. The summed E-state index contributed by atoms with van der Waals surface area (Å²) in [5, 5.41) is 5.40. The Morgan fingerprint density at radius 2 is 1.73 bits per heavy atom. The summed E-state index contributed by atoms with van der Waals surface area (Å²) in [7, 11) is 0. The molecule has 9 heteroatoms. The molecule has 4 heterocycles. The van der Waals surface area contributed by atoms with Gasteiger partial charge in [0, 0.05) is 16.5 Å². The number of halogens is 1. The monoisotopic (exact) mass is 508 g/mol. The van der Waals surface area contributed by atoms with Gasteiger partial charge < -0.3 is 9.32 Å². The summed E-state index contributed by atoms with van der Waals surface area (Å²) in [6.45, 7) is 2.18. The number of hydrogen-bond acceptors (Lipinski definition) is 6. The van der Waals surface area contributed by atoms with Crippen molar-refractivity contribution >= 4 is 44.4 Å². The van der Waals surface area contributed by atoms with Crippen LogP contribution in [0.15, 0.2) is 82.0 Å². The predicted octanol–water partition coefficient (Wildman–Crippen LogP) is 4.48. The fourth-order valence-corrected chi connectivity index (χ4v) is 5.80. The number of anilines is 1. The van der Waals surface area contributed by atoms with Crippen molar-refractivity contribution in [3.63, 3.8) is 0 Å². The number of furan rings is 1. The van der Waals surface area contributed by atoms with Gasteiger partial charge in [-0.2, -0.15) is 9.50 Å². The molecule has 37 heavy (non-hydrogen) atoms. The van der Waals surface area contributed by atoms with E-state index in [1.54, 1.807) is 17.0 Å². The summed E-state index contributed by atoms with van der Waals surface area (Å²) in [5.74, 6) is 0.204. The van der Waals surface area contributed by atoms with Crippen LogP contribution < -0.4 is 15.0 Å². The smallest absolute Gasteiger partial charge is 0.291 e. The molecule has 0 atom stereocenters. The maximum Gasteiger partial charge on any atom is 0.291 e. The first-order chi connectivity index (χ1) is 18.0. The maximum atomic E-state index is 13.6. The summed E-state index contributed by atoms with van der Waals surface area (Å²) in [4.78, 5) is 33.7. The molecule has 0 saturated heterocycles. The molecule has 1 aliphatic rings. The summed E-state index contributed by atoms with van der Waals surface area (Å²) < 4.78 is 20.9. The first-order valence-corrected chi connectivity index (χ1v) is 12.4. The van der Waals surface area contributed by atoms with Crippen LogP contribution in [-0.2, 0) is 11.3 Å². The van der Waals surface area contributed by atoms with Crippen molar-refractivity contribution < 1.29 is 13.6 Å². The molecule has 0 N–H and O–H groups in total. The van der Waals surface area contributed by atoms with Crippen LogP contribution in [0.2, 0.25) is 0 Å². The quantitative estimate of drug-likeness (QED) is 0.352. The van der Waals surface area contributed by atoms with Gasteiger partial charge in [-0.05, 0) is 36.8 Å². The Hall–Kier alpha value is -4.63. The predicted molar refractivity (Wildman–Crippen MR) is 139 cm³/mol. The van der Waals surface area contributed by atoms with Crippen LogP contribution in [-0.4, -0.2) is 20.5 Å². The third-order valence-corrected chi connectivity index (χ3v) is 7.64. The van der Waals surface area contributed by atoms with Crippen LogP contribution in [0.1, 0.15) is 16.7 Å². The van der Waals surface area contributed by atoms with Crippen molar-refractivity contribution in [1.82, 2.24) is 14.6 Å². The Bertz CT molecular complexity index is 1990. The molecular formula is C28H17FN4O3S. The fraction of sp³-hybridized carbons (Fsp3) is 0.0714. The van der Waals surface area contributed by atoms with E-state index in [9.17, 15) is 14.0 Å². The number of aryl methyl sites for hydroxylation is 1. The molecule has 7 rings (SSSR count). The van der Waals surface area contributed by atoms with E-state index in [0.717, 1.165) is 33.4 Å². The van der Waals surface area contributed by atoms with Gasteiger partial charge in [-0.3, -0.25) is 9.59 Å². The van der Waals surface area contributed by atoms with Crippen molar-refractivity contribution in [2.45, 2.75) is 13.5 Å². The molecular weight excluding hydrogens is 491 g/mol. The minimum atomic E-state index is -0.408. The number of aromatic nitrogens is 3. The van der Waals surface area contributed by atoms with Crippen molar-refractivity contribution in [1.29, 1.82) is 0 Å². The lowest BCUT2D eigenvalue weighted by atomic mass is 10.1. The van der Waals surface area contributed by atoms with Crippen LogP contribution in [0.3, 0.4) is 0 Å². The van der Waals surface area contributed by atoms with E-state index in [1.807, 2.05) is 55.5 Å². The molecule has 0 radical (unpaired) electrons. The van der Waals surface area contributed by atoms with Gasteiger partial charge in [0.05, 0.1) is 17.8 Å². The highest BCUT2D eigenvalue weighted by Gasteiger charge is 2.34. The van der Waals surface area contributed by atoms with Crippen molar-refractivity contribution in [2.24, 2.45) is 0 Å². The molecule has 7 nitrogen and oxygen atoms in total. The van der Waals surface area contributed by atoms with Gasteiger partial charge >= 0.3 is 0 Å². The molecule has 0 unspecified atom stereocenters. The molecule has 1 amide bonds. The van der Waals surface area contributed by atoms with Crippen LogP contribution in [0, 0.1) is 12.7 Å². The summed E-state index contributed by atoms with van der Waals surface area (Å²) in [6.07, 6.45) is 0. The summed E-state index contributed by atoms with van der Waals surface area (Å²) >= 11 is 1.13. The number of para-hydroxylation sites is 2. The topological polar surface area (TPSA) is 80.7 Å². The van der Waals surface area contributed by atoms with Gasteiger partial charge in [0.15, 0.2) is 5.76 Å². The highest BCUT2D eigenvalue weighted by molar-refractivity contribution is 7.15. The van der Waals surface area contributed by atoms with E-state index < -0.39 is 5.56 Å². The molecule has 180 valence electrons. The zero-order chi connectivity index (χ0) is 25.3. The van der Waals surface area contributed by atoms with Gasteiger partial charge in [0.2, 0.25) is 10.8 Å². The van der Waals surface area contributed by atoms with E-state index in [1.165, 1.54) is 16.6 Å². The van der Waals surface area contributed by atoms with E-state index in [4.69, 9.17) is 4.42 Å². The Balaban J connectivity index is 1.36. The number of nitrogens with zero attached hydrogens (tertiary/aromatic N) is 4. The van der Waals surface area contributed by atoms with E-state index in [-0.39, 0.29) is 22.8 Å². The third-order valence-electron chi connectivity index (χ3n) is 6.61. The molecule has 1 aliphatic heterocycles. The number of benzene rings is 3. The van der Waals surface area contributed by atoms with Crippen molar-refractivity contribution in [2.75, 3.05) is 4.90 Å². The molecule has 0 aliphatic carbocycles. The number of fused-ring (bicyclic) bond motifs is 3. The Labute approximate surface area is 212 Å². The Kier molecular flexibility index (Phi) is 4.64. The van der Waals surface area contributed by atoms with E-state index in [2.05, 4.69) is 10.1 Å². The lowest BCUT2D eigenvalue weighted by molar-refractivity contribution is -0.113. The first-order valence-electron chi connectivity index (χ1n) is 11.6. The number of carbonyl (C=O) groups is 1. The fourth-order valence-electron chi connectivity index (χ4n) is 4.80. The number of rotatable bonds is 3. The molecule has 3 aromatic carbocycles. The summed E-state index contributed by atoms with van der Waals surface area (Å²) in [5.41, 5.74) is 3.68. The third kappa shape index (κ3) is 3.24. The lowest BCUT2D eigenvalue weighted by Gasteiger charge is -2.17. The number of hydrogen-bond donors (Lipinski definition) is 0. The lowest BCUT2D eigenvalue weighted by Crippen LogP contribution is -2.32. The highest BCUT2D eigenvalue weighted by Crippen LogP contribution is 2.36. The van der Waals surface area contributed by atoms with Crippen LogP contribution in [0.25, 0.3) is 33.1 Å². The second-order valence-electron chi connectivity index (χ2n) is 8.83. The van der Waals surface area contributed by atoms with Crippen molar-refractivity contribution in [3.05, 3.63) is 110 Å². The second-order valence-corrected chi connectivity index (χ2v) is 9.81. The van der Waals surface area contributed by atoms with Gasteiger partial charge in [-0.15, -0.1) is 5.10 Å². The highest BCUT2D eigenvalue weighted by atomic mass is 32.1. The average molecular weight is 509 g/mol. The molecule has 6 aromatic rings. The number of thiazole rings is 1. The Morgan fingerprint density at radius 3 is 2.51 bits per heavy atom. The van der Waals surface area contributed by atoms with Gasteiger partial charge in [0.1, 0.15) is 15.9 Å². The van der Waals surface area contributed by atoms with Crippen molar-refractivity contribution in [3.8, 4) is 11.6 Å². The van der Waals surface area contributed by atoms with E-state index >= 15 is 0 Å². The SMILES string of the molecule is Cc1c(-c2nc3sc(=C4C(=O)N(Cc5ccc(F)cc5)c5ccccc54)c(=O)n3n2)oc2ccccc12. The average Bonchev–Trinajstić information content (AvgIpc) is 3.62.